The average Bonchev–Trinajstić information content (AvgIpc) is 2.42. The van der Waals surface area contributed by atoms with Gasteiger partial charge in [-0.1, -0.05) is 38.1 Å². The van der Waals surface area contributed by atoms with Crippen LogP contribution in [0.5, 0.6) is 0 Å². The van der Waals surface area contributed by atoms with Crippen LogP contribution in [0.25, 0.3) is 10.8 Å². The van der Waals surface area contributed by atoms with Crippen molar-refractivity contribution in [1.82, 2.24) is 9.88 Å². The fourth-order valence-corrected chi connectivity index (χ4v) is 2.56. The molecule has 4 heteroatoms. The van der Waals surface area contributed by atoms with Gasteiger partial charge in [0.1, 0.15) is 11.3 Å². The third-order valence-electron chi connectivity index (χ3n) is 4.17. The Kier molecular flexibility index (Phi) is 2.98. The summed E-state index contributed by atoms with van der Waals surface area (Å²) >= 11 is 0. The molecule has 1 aliphatic rings. The molecule has 1 aromatic carbocycles. The van der Waals surface area contributed by atoms with Gasteiger partial charge < -0.3 is 10.0 Å². The van der Waals surface area contributed by atoms with Gasteiger partial charge in [-0.2, -0.15) is 0 Å². The zero-order chi connectivity index (χ0) is 14.3. The second kappa shape index (κ2) is 4.56. The molecule has 3 rings (SSSR count). The molecule has 0 radical (unpaired) electrons. The standard InChI is InChI=1S/C16H18N2O2/c1-11(2)16(20)9-18(10-16)15(19)14-13-6-4-3-5-12(13)7-8-17-14/h3-8,11,20H,9-10H2,1-2H3. The first-order valence-electron chi connectivity index (χ1n) is 6.87. The molecule has 1 aliphatic heterocycles. The van der Waals surface area contributed by atoms with E-state index in [1.807, 2.05) is 44.2 Å². The molecule has 104 valence electrons. The summed E-state index contributed by atoms with van der Waals surface area (Å²) in [5.74, 6) is 0.0409. The normalized spacial score (nSPS) is 17.3. The fraction of sp³-hybridized carbons (Fsp3) is 0.375. The van der Waals surface area contributed by atoms with Crippen LogP contribution in [0.4, 0.5) is 0 Å². The minimum atomic E-state index is -0.750. The van der Waals surface area contributed by atoms with Crippen molar-refractivity contribution in [2.45, 2.75) is 19.4 Å². The van der Waals surface area contributed by atoms with Gasteiger partial charge in [0, 0.05) is 11.6 Å². The van der Waals surface area contributed by atoms with Crippen LogP contribution in [0.1, 0.15) is 24.3 Å². The largest absolute Gasteiger partial charge is 0.386 e. The Morgan fingerprint density at radius 3 is 2.70 bits per heavy atom. The Morgan fingerprint density at radius 2 is 2.00 bits per heavy atom. The third kappa shape index (κ3) is 1.96. The molecular formula is C16H18N2O2. The number of carbonyl (C=O) groups is 1. The first-order chi connectivity index (χ1) is 9.51. The zero-order valence-electron chi connectivity index (χ0n) is 11.7. The fourth-order valence-electron chi connectivity index (χ4n) is 2.56. The molecule has 2 aromatic rings. The van der Waals surface area contributed by atoms with Gasteiger partial charge in [-0.05, 0) is 17.4 Å². The molecule has 2 heterocycles. The van der Waals surface area contributed by atoms with E-state index in [1.165, 1.54) is 0 Å². The summed E-state index contributed by atoms with van der Waals surface area (Å²) in [4.78, 5) is 18.4. The lowest BCUT2D eigenvalue weighted by Gasteiger charge is -2.48. The summed E-state index contributed by atoms with van der Waals surface area (Å²) in [5, 5.41) is 12.1. The quantitative estimate of drug-likeness (QED) is 0.909. The van der Waals surface area contributed by atoms with Gasteiger partial charge in [0.2, 0.25) is 0 Å². The Bertz CT molecular complexity index is 655. The zero-order valence-corrected chi connectivity index (χ0v) is 11.7. The Balaban J connectivity index is 1.88. The number of benzene rings is 1. The van der Waals surface area contributed by atoms with E-state index in [0.717, 1.165) is 10.8 Å². The lowest BCUT2D eigenvalue weighted by atomic mass is 9.83. The Morgan fingerprint density at radius 1 is 1.30 bits per heavy atom. The predicted octanol–water partition coefficient (Wildman–Crippen LogP) is 2.08. The average molecular weight is 270 g/mol. The number of β-amino-alcohol motifs (C(OH)–C–C–N with tert-alkyl or cyclic N) is 1. The molecule has 1 saturated heterocycles. The number of aromatic nitrogens is 1. The van der Waals surface area contributed by atoms with Gasteiger partial charge in [0.15, 0.2) is 0 Å². The molecule has 0 spiro atoms. The highest BCUT2D eigenvalue weighted by atomic mass is 16.3. The number of carbonyl (C=O) groups excluding carboxylic acids is 1. The molecule has 0 bridgehead atoms. The lowest BCUT2D eigenvalue weighted by Crippen LogP contribution is -2.66. The number of aliphatic hydroxyl groups is 1. The van der Waals surface area contributed by atoms with Crippen molar-refractivity contribution in [2.24, 2.45) is 5.92 Å². The molecule has 0 unspecified atom stereocenters. The topological polar surface area (TPSA) is 53.4 Å². The molecule has 1 aromatic heterocycles. The first kappa shape index (κ1) is 13.1. The molecule has 1 N–H and O–H groups in total. The molecule has 20 heavy (non-hydrogen) atoms. The molecule has 1 fully saturated rings. The van der Waals surface area contributed by atoms with Crippen molar-refractivity contribution < 1.29 is 9.90 Å². The van der Waals surface area contributed by atoms with E-state index in [1.54, 1.807) is 11.1 Å². The molecular weight excluding hydrogens is 252 g/mol. The van der Waals surface area contributed by atoms with Crippen molar-refractivity contribution in [3.8, 4) is 0 Å². The van der Waals surface area contributed by atoms with Crippen LogP contribution in [0, 0.1) is 5.92 Å². The number of pyridine rings is 1. The van der Waals surface area contributed by atoms with Crippen LogP contribution < -0.4 is 0 Å². The monoisotopic (exact) mass is 270 g/mol. The second-order valence-electron chi connectivity index (χ2n) is 5.80. The van der Waals surface area contributed by atoms with Gasteiger partial charge in [0.05, 0.1) is 13.1 Å². The van der Waals surface area contributed by atoms with Crippen molar-refractivity contribution in [3.63, 3.8) is 0 Å². The van der Waals surface area contributed by atoms with E-state index in [4.69, 9.17) is 0 Å². The van der Waals surface area contributed by atoms with Crippen LogP contribution in [-0.2, 0) is 0 Å². The second-order valence-corrected chi connectivity index (χ2v) is 5.80. The molecule has 0 atom stereocenters. The summed E-state index contributed by atoms with van der Waals surface area (Å²) in [6, 6.07) is 9.62. The highest BCUT2D eigenvalue weighted by molar-refractivity contribution is 6.05. The van der Waals surface area contributed by atoms with Crippen LogP contribution in [0.2, 0.25) is 0 Å². The van der Waals surface area contributed by atoms with Crippen LogP contribution in [-0.4, -0.2) is 39.6 Å². The Labute approximate surface area is 118 Å². The van der Waals surface area contributed by atoms with Crippen LogP contribution in [0.15, 0.2) is 36.5 Å². The molecule has 4 nitrogen and oxygen atoms in total. The first-order valence-corrected chi connectivity index (χ1v) is 6.87. The van der Waals surface area contributed by atoms with Crippen LogP contribution in [0.3, 0.4) is 0 Å². The predicted molar refractivity (Wildman–Crippen MR) is 77.4 cm³/mol. The maximum absolute atomic E-state index is 12.5. The van der Waals surface area contributed by atoms with E-state index in [0.29, 0.717) is 18.8 Å². The number of nitrogens with zero attached hydrogens (tertiary/aromatic N) is 2. The minimum Gasteiger partial charge on any atom is -0.386 e. The highest BCUT2D eigenvalue weighted by Gasteiger charge is 2.46. The summed E-state index contributed by atoms with van der Waals surface area (Å²) < 4.78 is 0. The van der Waals surface area contributed by atoms with Crippen molar-refractivity contribution in [1.29, 1.82) is 0 Å². The lowest BCUT2D eigenvalue weighted by molar-refractivity contribution is -0.110. The maximum Gasteiger partial charge on any atom is 0.273 e. The number of hydrogen-bond donors (Lipinski definition) is 1. The smallest absolute Gasteiger partial charge is 0.273 e. The number of fused-ring (bicyclic) bond motifs is 1. The van der Waals surface area contributed by atoms with Gasteiger partial charge in [-0.15, -0.1) is 0 Å². The number of rotatable bonds is 2. The summed E-state index contributed by atoms with van der Waals surface area (Å²) in [5.41, 5.74) is -0.283. The third-order valence-corrected chi connectivity index (χ3v) is 4.17. The van der Waals surface area contributed by atoms with Gasteiger partial charge >= 0.3 is 0 Å². The van der Waals surface area contributed by atoms with E-state index in [9.17, 15) is 9.90 Å². The molecule has 1 amide bonds. The van der Waals surface area contributed by atoms with Crippen LogP contribution >= 0.6 is 0 Å². The van der Waals surface area contributed by atoms with E-state index in [-0.39, 0.29) is 11.8 Å². The number of hydrogen-bond acceptors (Lipinski definition) is 3. The minimum absolute atomic E-state index is 0.105. The molecule has 0 aliphatic carbocycles. The van der Waals surface area contributed by atoms with E-state index < -0.39 is 5.60 Å². The van der Waals surface area contributed by atoms with Crippen molar-refractivity contribution in [2.75, 3.05) is 13.1 Å². The SMILES string of the molecule is CC(C)C1(O)CN(C(=O)c2nccc3ccccc23)C1. The maximum atomic E-state index is 12.5. The summed E-state index contributed by atoms with van der Waals surface area (Å²) in [7, 11) is 0. The van der Waals surface area contributed by atoms with E-state index in [2.05, 4.69) is 4.98 Å². The number of amides is 1. The van der Waals surface area contributed by atoms with Crippen molar-refractivity contribution in [3.05, 3.63) is 42.2 Å². The van der Waals surface area contributed by atoms with E-state index >= 15 is 0 Å². The summed E-state index contributed by atoms with van der Waals surface area (Å²) in [6.07, 6.45) is 1.66. The van der Waals surface area contributed by atoms with Crippen molar-refractivity contribution >= 4 is 16.7 Å². The highest BCUT2D eigenvalue weighted by Crippen LogP contribution is 2.30. The molecule has 0 saturated carbocycles. The van der Waals surface area contributed by atoms with Gasteiger partial charge in [-0.25, -0.2) is 0 Å². The van der Waals surface area contributed by atoms with Gasteiger partial charge in [0.25, 0.3) is 5.91 Å². The number of likely N-dealkylation sites (tertiary alicyclic amines) is 1. The summed E-state index contributed by atoms with van der Waals surface area (Å²) in [6.45, 7) is 4.71. The van der Waals surface area contributed by atoms with Gasteiger partial charge in [-0.3, -0.25) is 9.78 Å². The Hall–Kier alpha value is -1.94.